The van der Waals surface area contributed by atoms with Crippen molar-refractivity contribution in [2.45, 2.75) is 32.5 Å². The fraction of sp³-hybridized carbons (Fsp3) is 0.833. The molecule has 1 atom stereocenters. The predicted octanol–water partition coefficient (Wildman–Crippen LogP) is 0.631. The molecule has 1 aliphatic heterocycles. The van der Waals surface area contributed by atoms with Gasteiger partial charge in [-0.1, -0.05) is 12.2 Å². The third-order valence-corrected chi connectivity index (χ3v) is 2.12. The zero-order valence-corrected chi connectivity index (χ0v) is 6.80. The summed E-state index contributed by atoms with van der Waals surface area (Å²) in [6, 6.07) is 0. The van der Waals surface area contributed by atoms with E-state index in [4.69, 9.17) is 12.2 Å². The Morgan fingerprint density at radius 2 is 2.11 bits per heavy atom. The van der Waals surface area contributed by atoms with Crippen LogP contribution in [0.4, 0.5) is 0 Å². The van der Waals surface area contributed by atoms with Gasteiger partial charge in [0.1, 0.15) is 0 Å². The summed E-state index contributed by atoms with van der Waals surface area (Å²) in [6.07, 6.45) is 0.326. The Labute approximate surface area is 61.0 Å². The van der Waals surface area contributed by atoms with Gasteiger partial charge >= 0.3 is 0 Å². The first-order valence-electron chi connectivity index (χ1n) is 3.11. The molecule has 2 nitrogen and oxygen atoms in total. The van der Waals surface area contributed by atoms with Crippen LogP contribution in [0.3, 0.4) is 0 Å². The average Bonchev–Trinajstić information content (AvgIpc) is 1.79. The summed E-state index contributed by atoms with van der Waals surface area (Å²) in [6.45, 7) is 6.21. The molecule has 1 fully saturated rings. The Balaban J connectivity index is 2.70. The first-order valence-corrected chi connectivity index (χ1v) is 3.52. The number of nitrogens with one attached hydrogen (secondary N) is 2. The largest absolute Gasteiger partial charge is 0.363 e. The number of thiocarbonyl (C=S) groups is 1. The van der Waals surface area contributed by atoms with E-state index in [0.717, 1.165) is 4.99 Å². The summed E-state index contributed by atoms with van der Waals surface area (Å²) >= 11 is 5.06. The maximum Gasteiger partial charge on any atom is 0.0964 e. The highest BCUT2D eigenvalue weighted by molar-refractivity contribution is 7.80. The highest BCUT2D eigenvalue weighted by Gasteiger charge is 2.31. The van der Waals surface area contributed by atoms with E-state index in [1.54, 1.807) is 0 Å². The monoisotopic (exact) mass is 144 g/mol. The van der Waals surface area contributed by atoms with Crippen LogP contribution in [0.2, 0.25) is 0 Å². The van der Waals surface area contributed by atoms with E-state index in [1.165, 1.54) is 0 Å². The highest BCUT2D eigenvalue weighted by Crippen LogP contribution is 2.10. The normalized spacial score (nSPS) is 32.3. The third-order valence-electron chi connectivity index (χ3n) is 1.49. The van der Waals surface area contributed by atoms with Crippen LogP contribution in [0, 0.1) is 0 Å². The predicted molar refractivity (Wildman–Crippen MR) is 42.4 cm³/mol. The molecule has 0 aliphatic carbocycles. The first kappa shape index (κ1) is 6.96. The van der Waals surface area contributed by atoms with Gasteiger partial charge in [-0.2, -0.15) is 0 Å². The maximum absolute atomic E-state index is 5.06. The van der Waals surface area contributed by atoms with Gasteiger partial charge in [0.25, 0.3) is 0 Å². The van der Waals surface area contributed by atoms with Crippen LogP contribution < -0.4 is 10.6 Å². The molecule has 2 N–H and O–H groups in total. The molecule has 0 saturated carbocycles. The minimum Gasteiger partial charge on any atom is -0.363 e. The van der Waals surface area contributed by atoms with Crippen LogP contribution in [0.15, 0.2) is 0 Å². The summed E-state index contributed by atoms with van der Waals surface area (Å²) in [5.41, 5.74) is -0.00521. The minimum absolute atomic E-state index is 0.00521. The van der Waals surface area contributed by atoms with E-state index in [1.807, 2.05) is 0 Å². The molecule has 1 heterocycles. The zero-order chi connectivity index (χ0) is 7.07. The molecule has 1 aliphatic rings. The standard InChI is InChI=1S/C6H12N2S/c1-4-7-5(9)6(2,3)8-4/h4,8H,1-3H3,(H,7,9). The average molecular weight is 144 g/mol. The molecule has 0 aromatic rings. The van der Waals surface area contributed by atoms with E-state index >= 15 is 0 Å². The Bertz CT molecular complexity index is 142. The van der Waals surface area contributed by atoms with Crippen molar-refractivity contribution >= 4 is 17.2 Å². The molecule has 3 heteroatoms. The Hall–Kier alpha value is -0.150. The number of rotatable bonds is 0. The van der Waals surface area contributed by atoms with E-state index in [0.29, 0.717) is 6.17 Å². The summed E-state index contributed by atoms with van der Waals surface area (Å²) in [5, 5.41) is 6.42. The quantitative estimate of drug-likeness (QED) is 0.488. The van der Waals surface area contributed by atoms with Crippen molar-refractivity contribution in [3.63, 3.8) is 0 Å². The van der Waals surface area contributed by atoms with Gasteiger partial charge < -0.3 is 5.32 Å². The first-order chi connectivity index (χ1) is 4.02. The fourth-order valence-corrected chi connectivity index (χ4v) is 1.26. The van der Waals surface area contributed by atoms with Crippen molar-refractivity contribution in [3.8, 4) is 0 Å². The third kappa shape index (κ3) is 1.22. The van der Waals surface area contributed by atoms with Gasteiger partial charge in [-0.05, 0) is 20.8 Å². The Morgan fingerprint density at radius 1 is 1.56 bits per heavy atom. The molecule has 0 spiro atoms. The topological polar surface area (TPSA) is 24.1 Å². The molecule has 52 valence electrons. The van der Waals surface area contributed by atoms with Crippen LogP contribution in [-0.2, 0) is 0 Å². The molecule has 0 amide bonds. The van der Waals surface area contributed by atoms with Crippen LogP contribution in [0.1, 0.15) is 20.8 Å². The van der Waals surface area contributed by atoms with Gasteiger partial charge in [0.15, 0.2) is 0 Å². The lowest BCUT2D eigenvalue weighted by atomic mass is 10.1. The Morgan fingerprint density at radius 3 is 2.22 bits per heavy atom. The molecule has 0 aromatic carbocycles. The van der Waals surface area contributed by atoms with E-state index in [2.05, 4.69) is 31.4 Å². The number of hydrogen-bond acceptors (Lipinski definition) is 2. The van der Waals surface area contributed by atoms with E-state index < -0.39 is 0 Å². The van der Waals surface area contributed by atoms with Crippen LogP contribution >= 0.6 is 12.2 Å². The summed E-state index contributed by atoms with van der Waals surface area (Å²) in [4.78, 5) is 0.912. The van der Waals surface area contributed by atoms with Crippen LogP contribution in [-0.4, -0.2) is 16.7 Å². The summed E-state index contributed by atoms with van der Waals surface area (Å²) < 4.78 is 0. The molecular formula is C6H12N2S. The second-order valence-corrected chi connectivity index (χ2v) is 3.37. The van der Waals surface area contributed by atoms with Crippen molar-refractivity contribution < 1.29 is 0 Å². The summed E-state index contributed by atoms with van der Waals surface area (Å²) in [7, 11) is 0. The van der Waals surface area contributed by atoms with Crippen molar-refractivity contribution in [1.82, 2.24) is 10.6 Å². The van der Waals surface area contributed by atoms with E-state index in [-0.39, 0.29) is 5.54 Å². The molecule has 1 saturated heterocycles. The van der Waals surface area contributed by atoms with Gasteiger partial charge in [0.2, 0.25) is 0 Å². The van der Waals surface area contributed by atoms with Crippen LogP contribution in [0.25, 0.3) is 0 Å². The second-order valence-electron chi connectivity index (χ2n) is 2.96. The minimum atomic E-state index is -0.00521. The SMILES string of the molecule is CC1NC(=S)C(C)(C)N1. The second kappa shape index (κ2) is 1.92. The van der Waals surface area contributed by atoms with Crippen LogP contribution in [0.5, 0.6) is 0 Å². The van der Waals surface area contributed by atoms with Crippen molar-refractivity contribution in [1.29, 1.82) is 0 Å². The molecular weight excluding hydrogens is 132 g/mol. The maximum atomic E-state index is 5.06. The molecule has 0 aromatic heterocycles. The summed E-state index contributed by atoms with van der Waals surface area (Å²) in [5.74, 6) is 0. The molecule has 0 radical (unpaired) electrons. The molecule has 0 bridgehead atoms. The smallest absolute Gasteiger partial charge is 0.0964 e. The van der Waals surface area contributed by atoms with E-state index in [9.17, 15) is 0 Å². The van der Waals surface area contributed by atoms with Gasteiger partial charge in [0, 0.05) is 0 Å². The highest BCUT2D eigenvalue weighted by atomic mass is 32.1. The Kier molecular flexibility index (Phi) is 1.49. The lowest BCUT2D eigenvalue weighted by molar-refractivity contribution is 0.486. The molecule has 9 heavy (non-hydrogen) atoms. The molecule has 1 rings (SSSR count). The van der Waals surface area contributed by atoms with Crippen molar-refractivity contribution in [2.24, 2.45) is 0 Å². The van der Waals surface area contributed by atoms with Gasteiger partial charge in [-0.15, -0.1) is 0 Å². The fourth-order valence-electron chi connectivity index (χ4n) is 1.02. The molecule has 1 unspecified atom stereocenters. The lowest BCUT2D eigenvalue weighted by Crippen LogP contribution is -2.39. The zero-order valence-electron chi connectivity index (χ0n) is 5.99. The van der Waals surface area contributed by atoms with Gasteiger partial charge in [0.05, 0.1) is 16.7 Å². The van der Waals surface area contributed by atoms with Crippen molar-refractivity contribution in [3.05, 3.63) is 0 Å². The number of hydrogen-bond donors (Lipinski definition) is 2. The lowest BCUT2D eigenvalue weighted by Gasteiger charge is -2.15. The van der Waals surface area contributed by atoms with Gasteiger partial charge in [-0.3, -0.25) is 5.32 Å². The van der Waals surface area contributed by atoms with Gasteiger partial charge in [-0.25, -0.2) is 0 Å². The van der Waals surface area contributed by atoms with Crippen molar-refractivity contribution in [2.75, 3.05) is 0 Å².